The van der Waals surface area contributed by atoms with Crippen LogP contribution in [-0.2, 0) is 6.42 Å². The van der Waals surface area contributed by atoms with Crippen molar-refractivity contribution in [3.05, 3.63) is 41.3 Å². The predicted octanol–water partition coefficient (Wildman–Crippen LogP) is 2.62. The number of thiophene rings is 1. The van der Waals surface area contributed by atoms with Crippen LogP contribution in [0.3, 0.4) is 0 Å². The minimum atomic E-state index is 0.332. The van der Waals surface area contributed by atoms with Gasteiger partial charge in [-0.15, -0.1) is 11.3 Å². The maximum Gasteiger partial charge on any atom is 0.124 e. The van der Waals surface area contributed by atoms with Crippen molar-refractivity contribution in [1.82, 2.24) is 0 Å². The van der Waals surface area contributed by atoms with Gasteiger partial charge in [-0.3, -0.25) is 0 Å². The summed E-state index contributed by atoms with van der Waals surface area (Å²) in [5.41, 5.74) is 7.57. The van der Waals surface area contributed by atoms with Crippen LogP contribution in [0, 0.1) is 0 Å². The molecule has 3 heteroatoms. The molecule has 1 aromatic heterocycles. The van der Waals surface area contributed by atoms with Crippen molar-refractivity contribution in [1.29, 1.82) is 0 Å². The molecule has 2 nitrogen and oxygen atoms in total. The smallest absolute Gasteiger partial charge is 0.124 e. The molecule has 2 aromatic rings. The second-order valence-corrected chi connectivity index (χ2v) is 4.32. The molecule has 0 fully saturated rings. The van der Waals surface area contributed by atoms with E-state index < -0.39 is 0 Å². The molecular formula is C12H13NOS. The van der Waals surface area contributed by atoms with Crippen molar-refractivity contribution in [2.45, 2.75) is 6.42 Å². The van der Waals surface area contributed by atoms with Crippen LogP contribution >= 0.6 is 11.3 Å². The highest BCUT2D eigenvalue weighted by Crippen LogP contribution is 2.33. The number of nitrogens with two attached hydrogens (primary N) is 1. The molecule has 0 atom stereocenters. The summed E-state index contributed by atoms with van der Waals surface area (Å²) >= 11 is 1.63. The molecule has 0 radical (unpaired) electrons. The number of phenolic OH excluding ortho intramolecular Hbond substituents is 1. The van der Waals surface area contributed by atoms with Gasteiger partial charge in [0.05, 0.1) is 0 Å². The Morgan fingerprint density at radius 2 is 2.13 bits per heavy atom. The van der Waals surface area contributed by atoms with Gasteiger partial charge in [-0.05, 0) is 42.1 Å². The number of rotatable bonds is 3. The van der Waals surface area contributed by atoms with E-state index in [4.69, 9.17) is 5.73 Å². The van der Waals surface area contributed by atoms with Gasteiger partial charge in [0, 0.05) is 10.4 Å². The van der Waals surface area contributed by atoms with E-state index in [-0.39, 0.29) is 0 Å². The van der Waals surface area contributed by atoms with Crippen LogP contribution in [0.25, 0.3) is 10.4 Å². The van der Waals surface area contributed by atoms with Gasteiger partial charge in [0.2, 0.25) is 0 Å². The van der Waals surface area contributed by atoms with Crippen molar-refractivity contribution in [3.8, 4) is 16.2 Å². The zero-order chi connectivity index (χ0) is 10.7. The predicted molar refractivity (Wildman–Crippen MR) is 64.2 cm³/mol. The number of phenols is 1. The second kappa shape index (κ2) is 4.47. The van der Waals surface area contributed by atoms with Gasteiger partial charge in [0.15, 0.2) is 0 Å². The van der Waals surface area contributed by atoms with Gasteiger partial charge in [-0.2, -0.15) is 0 Å². The molecule has 0 saturated carbocycles. The first-order valence-electron chi connectivity index (χ1n) is 4.87. The van der Waals surface area contributed by atoms with E-state index in [2.05, 4.69) is 0 Å². The normalized spacial score (nSPS) is 10.5. The van der Waals surface area contributed by atoms with E-state index in [0.29, 0.717) is 12.3 Å². The van der Waals surface area contributed by atoms with Crippen LogP contribution in [0.2, 0.25) is 0 Å². The van der Waals surface area contributed by atoms with Crippen LogP contribution in [0.15, 0.2) is 35.7 Å². The van der Waals surface area contributed by atoms with Crippen molar-refractivity contribution in [2.24, 2.45) is 5.73 Å². The van der Waals surface area contributed by atoms with Crippen molar-refractivity contribution >= 4 is 11.3 Å². The molecular weight excluding hydrogens is 206 g/mol. The fraction of sp³-hybridized carbons (Fsp3) is 0.167. The molecule has 78 valence electrons. The Morgan fingerprint density at radius 1 is 1.27 bits per heavy atom. The average Bonchev–Trinajstić information content (AvgIpc) is 2.74. The summed E-state index contributed by atoms with van der Waals surface area (Å²) < 4.78 is 0. The van der Waals surface area contributed by atoms with Crippen LogP contribution in [0.4, 0.5) is 0 Å². The lowest BCUT2D eigenvalue weighted by Gasteiger charge is -2.05. The zero-order valence-corrected chi connectivity index (χ0v) is 9.13. The molecule has 0 aliphatic rings. The maximum absolute atomic E-state index is 9.75. The van der Waals surface area contributed by atoms with E-state index in [1.165, 1.54) is 5.56 Å². The van der Waals surface area contributed by atoms with E-state index >= 15 is 0 Å². The Labute approximate surface area is 93.0 Å². The number of benzene rings is 1. The standard InChI is InChI=1S/C12H13NOS/c13-6-5-9-3-4-11(14)10(8-9)12-2-1-7-15-12/h1-4,7-8,14H,5-6,13H2. The summed E-state index contributed by atoms with van der Waals surface area (Å²) in [5.74, 6) is 0.332. The third kappa shape index (κ3) is 2.19. The van der Waals surface area contributed by atoms with Crippen molar-refractivity contribution in [3.63, 3.8) is 0 Å². The molecule has 1 aromatic carbocycles. The first-order valence-corrected chi connectivity index (χ1v) is 5.75. The van der Waals surface area contributed by atoms with Crippen LogP contribution in [0.5, 0.6) is 5.75 Å². The van der Waals surface area contributed by atoms with Crippen LogP contribution in [-0.4, -0.2) is 11.7 Å². The van der Waals surface area contributed by atoms with Gasteiger partial charge in [-0.1, -0.05) is 12.1 Å². The van der Waals surface area contributed by atoms with E-state index in [1.54, 1.807) is 17.4 Å². The molecule has 0 bridgehead atoms. The first kappa shape index (κ1) is 10.2. The lowest BCUT2D eigenvalue weighted by atomic mass is 10.1. The molecule has 2 rings (SSSR count). The lowest BCUT2D eigenvalue weighted by Crippen LogP contribution is -2.02. The molecule has 0 amide bonds. The van der Waals surface area contributed by atoms with E-state index in [1.807, 2.05) is 29.6 Å². The topological polar surface area (TPSA) is 46.2 Å². The fourth-order valence-electron chi connectivity index (χ4n) is 1.53. The van der Waals surface area contributed by atoms with Crippen molar-refractivity contribution < 1.29 is 5.11 Å². The number of hydrogen-bond acceptors (Lipinski definition) is 3. The summed E-state index contributed by atoms with van der Waals surface area (Å²) in [7, 11) is 0. The number of hydrogen-bond donors (Lipinski definition) is 2. The van der Waals surface area contributed by atoms with Gasteiger partial charge in [-0.25, -0.2) is 0 Å². The Morgan fingerprint density at radius 3 is 2.80 bits per heavy atom. The molecule has 0 unspecified atom stereocenters. The van der Waals surface area contributed by atoms with E-state index in [9.17, 15) is 5.11 Å². The van der Waals surface area contributed by atoms with Crippen LogP contribution in [0.1, 0.15) is 5.56 Å². The Bertz CT molecular complexity index is 437. The summed E-state index contributed by atoms with van der Waals surface area (Å²) in [5, 5.41) is 11.8. The molecule has 0 aliphatic carbocycles. The first-order chi connectivity index (χ1) is 7.31. The Kier molecular flexibility index (Phi) is 3.04. The average molecular weight is 219 g/mol. The monoisotopic (exact) mass is 219 g/mol. The van der Waals surface area contributed by atoms with Gasteiger partial charge < -0.3 is 10.8 Å². The summed E-state index contributed by atoms with van der Waals surface area (Å²) in [6.07, 6.45) is 0.846. The summed E-state index contributed by atoms with van der Waals surface area (Å²) in [6, 6.07) is 9.65. The molecule has 0 spiro atoms. The van der Waals surface area contributed by atoms with Gasteiger partial charge in [0.25, 0.3) is 0 Å². The summed E-state index contributed by atoms with van der Waals surface area (Å²) in [6.45, 7) is 0.634. The molecule has 15 heavy (non-hydrogen) atoms. The zero-order valence-electron chi connectivity index (χ0n) is 8.31. The van der Waals surface area contributed by atoms with Crippen molar-refractivity contribution in [2.75, 3.05) is 6.54 Å². The minimum Gasteiger partial charge on any atom is -0.507 e. The molecule has 1 heterocycles. The highest BCUT2D eigenvalue weighted by atomic mass is 32.1. The molecule has 0 aliphatic heterocycles. The van der Waals surface area contributed by atoms with E-state index in [0.717, 1.165) is 16.9 Å². The SMILES string of the molecule is NCCc1ccc(O)c(-c2cccs2)c1. The lowest BCUT2D eigenvalue weighted by molar-refractivity contribution is 0.477. The summed E-state index contributed by atoms with van der Waals surface area (Å²) in [4.78, 5) is 1.09. The van der Waals surface area contributed by atoms with Gasteiger partial charge in [0.1, 0.15) is 5.75 Å². The minimum absolute atomic E-state index is 0.332. The highest BCUT2D eigenvalue weighted by molar-refractivity contribution is 7.13. The Hall–Kier alpha value is -1.32. The van der Waals surface area contributed by atoms with Gasteiger partial charge >= 0.3 is 0 Å². The Balaban J connectivity index is 2.41. The second-order valence-electron chi connectivity index (χ2n) is 3.37. The fourth-order valence-corrected chi connectivity index (χ4v) is 2.29. The highest BCUT2D eigenvalue weighted by Gasteiger charge is 2.05. The largest absolute Gasteiger partial charge is 0.507 e. The third-order valence-corrected chi connectivity index (χ3v) is 3.18. The number of aromatic hydroxyl groups is 1. The third-order valence-electron chi connectivity index (χ3n) is 2.28. The van der Waals surface area contributed by atoms with Crippen LogP contribution < -0.4 is 5.73 Å². The molecule has 0 saturated heterocycles. The maximum atomic E-state index is 9.75. The quantitative estimate of drug-likeness (QED) is 0.833. The molecule has 3 N–H and O–H groups in total.